The van der Waals surface area contributed by atoms with E-state index in [-0.39, 0.29) is 53.5 Å². The Bertz CT molecular complexity index is 1550. The molecule has 0 bridgehead atoms. The van der Waals surface area contributed by atoms with Gasteiger partial charge in [-0.25, -0.2) is 13.8 Å². The fourth-order valence-corrected chi connectivity index (χ4v) is 3.93. The van der Waals surface area contributed by atoms with Crippen molar-refractivity contribution in [1.82, 2.24) is 20.1 Å². The second-order valence-electron chi connectivity index (χ2n) is 8.26. The lowest BCUT2D eigenvalue weighted by molar-refractivity contribution is -0.142. The Hall–Kier alpha value is -4.43. The number of hydrogen-bond acceptors (Lipinski definition) is 6. The van der Waals surface area contributed by atoms with Gasteiger partial charge in [-0.15, -0.1) is 0 Å². The summed E-state index contributed by atoms with van der Waals surface area (Å²) in [5, 5.41) is 9.06. The third-order valence-corrected chi connectivity index (χ3v) is 5.64. The molecule has 15 heteroatoms. The summed E-state index contributed by atoms with van der Waals surface area (Å²) in [7, 11) is 0. The van der Waals surface area contributed by atoms with Crippen molar-refractivity contribution < 1.29 is 39.6 Å². The van der Waals surface area contributed by atoms with Crippen molar-refractivity contribution in [3.05, 3.63) is 82.4 Å². The second kappa shape index (κ2) is 8.85. The van der Waals surface area contributed by atoms with Crippen molar-refractivity contribution in [1.29, 1.82) is 0 Å². The maximum absolute atomic E-state index is 14.2. The third kappa shape index (κ3) is 4.66. The number of nitrogens with zero attached hydrogens (tertiary/aromatic N) is 4. The number of nitrogens with two attached hydrogens (primary N) is 1. The van der Waals surface area contributed by atoms with Crippen molar-refractivity contribution in [2.24, 2.45) is 10.8 Å². The van der Waals surface area contributed by atoms with E-state index in [1.165, 1.54) is 17.1 Å². The lowest BCUT2D eigenvalue weighted by Gasteiger charge is -2.21. The number of H-pyrrole nitrogens is 1. The molecule has 7 nitrogen and oxygen atoms in total. The molecule has 0 amide bonds. The molecular weight excluding hydrogens is 528 g/mol. The Morgan fingerprint density at radius 1 is 0.974 bits per heavy atom. The first kappa shape index (κ1) is 25.2. The molecule has 1 aliphatic rings. The molecule has 198 valence electrons. The van der Waals surface area contributed by atoms with E-state index in [1.54, 1.807) is 0 Å². The number of aromatic amines is 1. The van der Waals surface area contributed by atoms with Gasteiger partial charge in [0.2, 0.25) is 0 Å². The van der Waals surface area contributed by atoms with Crippen LogP contribution in [0.2, 0.25) is 0 Å². The van der Waals surface area contributed by atoms with E-state index in [0.29, 0.717) is 17.8 Å². The van der Waals surface area contributed by atoms with Crippen LogP contribution in [0.15, 0.2) is 52.1 Å². The van der Waals surface area contributed by atoms with Crippen LogP contribution in [-0.4, -0.2) is 26.0 Å². The van der Waals surface area contributed by atoms with Gasteiger partial charge in [-0.1, -0.05) is 17.3 Å². The molecule has 5 rings (SSSR count). The zero-order valence-corrected chi connectivity index (χ0v) is 18.8. The first-order chi connectivity index (χ1) is 17.8. The highest BCUT2D eigenvalue weighted by atomic mass is 19.4. The van der Waals surface area contributed by atoms with Gasteiger partial charge in [-0.2, -0.15) is 31.4 Å². The second-order valence-corrected chi connectivity index (χ2v) is 8.26. The van der Waals surface area contributed by atoms with Gasteiger partial charge in [-0.05, 0) is 24.3 Å². The van der Waals surface area contributed by atoms with E-state index in [4.69, 9.17) is 10.3 Å². The van der Waals surface area contributed by atoms with E-state index in [9.17, 15) is 35.1 Å². The van der Waals surface area contributed by atoms with Gasteiger partial charge in [0, 0.05) is 11.6 Å². The van der Waals surface area contributed by atoms with Crippen LogP contribution in [0.25, 0.3) is 22.6 Å². The predicted octanol–water partition coefficient (Wildman–Crippen LogP) is 5.68. The molecule has 1 aliphatic heterocycles. The van der Waals surface area contributed by atoms with E-state index < -0.39 is 40.7 Å². The molecule has 2 aromatic carbocycles. The number of aromatic nitrogens is 3. The molecular formula is C23H14F8N6O. The molecule has 0 radical (unpaired) electrons. The molecule has 0 fully saturated rings. The highest BCUT2D eigenvalue weighted by Gasteiger charge is 2.39. The Morgan fingerprint density at radius 3 is 2.45 bits per heavy atom. The number of nitrogens with one attached hydrogen (secondary N) is 1. The Kier molecular flexibility index (Phi) is 5.87. The summed E-state index contributed by atoms with van der Waals surface area (Å²) in [5.41, 5.74) is 2.53. The lowest BCUT2D eigenvalue weighted by atomic mass is 10.0. The van der Waals surface area contributed by atoms with Crippen molar-refractivity contribution >= 4 is 5.84 Å². The number of alkyl halides is 6. The van der Waals surface area contributed by atoms with Crippen molar-refractivity contribution in [3.8, 4) is 22.6 Å². The molecule has 0 aliphatic carbocycles. The third-order valence-electron chi connectivity index (χ3n) is 5.64. The topological polar surface area (TPSA) is 96.3 Å². The molecule has 3 N–H and O–H groups in total. The molecule has 3 heterocycles. The van der Waals surface area contributed by atoms with E-state index in [0.717, 1.165) is 12.1 Å². The summed E-state index contributed by atoms with van der Waals surface area (Å²) in [5.74, 6) is -2.21. The smallest absolute Gasteiger partial charge is 0.380 e. The van der Waals surface area contributed by atoms with Crippen LogP contribution in [-0.2, 0) is 25.4 Å². The number of halogens is 8. The molecule has 0 unspecified atom stereocenters. The van der Waals surface area contributed by atoms with Crippen LogP contribution in [0, 0.1) is 11.6 Å². The maximum atomic E-state index is 14.2. The van der Waals surface area contributed by atoms with Crippen molar-refractivity contribution in [2.75, 3.05) is 0 Å². The normalized spacial score (nSPS) is 14.0. The average molecular weight is 542 g/mol. The molecule has 38 heavy (non-hydrogen) atoms. The van der Waals surface area contributed by atoms with Gasteiger partial charge in [0.15, 0.2) is 23.2 Å². The van der Waals surface area contributed by atoms with Gasteiger partial charge in [0.25, 0.3) is 0 Å². The van der Waals surface area contributed by atoms with Gasteiger partial charge in [0.1, 0.15) is 17.2 Å². The minimum atomic E-state index is -5.09. The quantitative estimate of drug-likeness (QED) is 0.324. The number of imidazole rings is 1. The van der Waals surface area contributed by atoms with Gasteiger partial charge in [-0.3, -0.25) is 5.01 Å². The summed E-state index contributed by atoms with van der Waals surface area (Å²) < 4.78 is 112. The molecule has 0 saturated carbocycles. The summed E-state index contributed by atoms with van der Waals surface area (Å²) >= 11 is 0. The SMILES string of the molecule is NC1=NN(Cc2cc(-c3ccc(C(F)(F)F)cc3C(F)(F)F)no2)Cc2[nH]c(-c3cccc(F)c3F)nc21. The highest BCUT2D eigenvalue weighted by molar-refractivity contribution is 5.97. The number of hydrogen-bond donors (Lipinski definition) is 2. The van der Waals surface area contributed by atoms with Crippen molar-refractivity contribution in [3.63, 3.8) is 0 Å². The number of rotatable bonds is 4. The molecule has 0 saturated heterocycles. The lowest BCUT2D eigenvalue weighted by Crippen LogP contribution is -2.30. The zero-order chi connectivity index (χ0) is 27.4. The largest absolute Gasteiger partial charge is 0.417 e. The zero-order valence-electron chi connectivity index (χ0n) is 18.8. The van der Waals surface area contributed by atoms with Crippen LogP contribution < -0.4 is 5.73 Å². The molecule has 0 atom stereocenters. The van der Waals surface area contributed by atoms with E-state index in [2.05, 4.69) is 20.2 Å². The Balaban J connectivity index is 1.39. The summed E-state index contributed by atoms with van der Waals surface area (Å²) in [4.78, 5) is 7.03. The molecule has 0 spiro atoms. The van der Waals surface area contributed by atoms with E-state index >= 15 is 0 Å². The van der Waals surface area contributed by atoms with Crippen molar-refractivity contribution in [2.45, 2.75) is 25.4 Å². The maximum Gasteiger partial charge on any atom is 0.417 e. The van der Waals surface area contributed by atoms with E-state index in [1.807, 2.05) is 0 Å². The summed E-state index contributed by atoms with van der Waals surface area (Å²) in [6, 6.07) is 5.92. The molecule has 4 aromatic rings. The fraction of sp³-hybridized carbons (Fsp3) is 0.174. The first-order valence-electron chi connectivity index (χ1n) is 10.7. The average Bonchev–Trinajstić information content (AvgIpc) is 3.47. The Labute approximate surface area is 207 Å². The number of fused-ring (bicyclic) bond motifs is 1. The summed E-state index contributed by atoms with van der Waals surface area (Å²) in [6.07, 6.45) is -10.1. The van der Waals surface area contributed by atoms with Crippen LogP contribution in [0.4, 0.5) is 35.1 Å². The minimum Gasteiger partial charge on any atom is -0.380 e. The van der Waals surface area contributed by atoms with Crippen LogP contribution >= 0.6 is 0 Å². The van der Waals surface area contributed by atoms with Gasteiger partial charge < -0.3 is 15.2 Å². The Morgan fingerprint density at radius 2 is 1.74 bits per heavy atom. The minimum absolute atomic E-state index is 0.0101. The highest BCUT2D eigenvalue weighted by Crippen LogP contribution is 2.41. The summed E-state index contributed by atoms with van der Waals surface area (Å²) in [6.45, 7) is -0.109. The van der Waals surface area contributed by atoms with Crippen LogP contribution in [0.5, 0.6) is 0 Å². The molecule has 2 aromatic heterocycles. The van der Waals surface area contributed by atoms with Crippen LogP contribution in [0.1, 0.15) is 28.3 Å². The van der Waals surface area contributed by atoms with Gasteiger partial charge in [0.05, 0.1) is 35.5 Å². The number of hydrazone groups is 1. The first-order valence-corrected chi connectivity index (χ1v) is 10.7. The fourth-order valence-electron chi connectivity index (χ4n) is 3.93. The standard InChI is InChI=1S/C23H14F8N6O/c24-15-3-1-2-13(18(15)25)21-33-17-9-37(35-20(32)19(17)34-21)8-11-7-16(36-38-11)12-5-4-10(22(26,27)28)6-14(12)23(29,30)31/h1-7H,8-9H2,(H2,32,35)(H,33,34). The number of benzene rings is 2. The predicted molar refractivity (Wildman–Crippen MR) is 116 cm³/mol. The monoisotopic (exact) mass is 542 g/mol. The van der Waals surface area contributed by atoms with Gasteiger partial charge >= 0.3 is 12.4 Å². The van der Waals surface area contributed by atoms with Crippen LogP contribution in [0.3, 0.4) is 0 Å². The number of amidine groups is 1.